The molecule has 0 spiro atoms. The molecule has 0 bridgehead atoms. The summed E-state index contributed by atoms with van der Waals surface area (Å²) in [6.07, 6.45) is 1.56. The van der Waals surface area contributed by atoms with E-state index in [1.807, 2.05) is 0 Å². The fourth-order valence-electron chi connectivity index (χ4n) is 0.453. The lowest BCUT2D eigenvalue weighted by Crippen LogP contribution is -2.24. The lowest BCUT2D eigenvalue weighted by atomic mass is 10.5. The van der Waals surface area contributed by atoms with Crippen molar-refractivity contribution in [1.29, 1.82) is 0 Å². The van der Waals surface area contributed by atoms with Gasteiger partial charge in [-0.3, -0.25) is 0 Å². The van der Waals surface area contributed by atoms with Gasteiger partial charge in [-0.15, -0.1) is 0 Å². The van der Waals surface area contributed by atoms with Gasteiger partial charge in [-0.2, -0.15) is 0 Å². The molecule has 0 unspecified atom stereocenters. The number of amides is 1. The molecule has 0 aromatic carbocycles. The largest absolute Gasteiger partial charge is 0.466 e. The minimum Gasteiger partial charge on any atom is -0.466 e. The summed E-state index contributed by atoms with van der Waals surface area (Å²) >= 11 is 0. The van der Waals surface area contributed by atoms with Gasteiger partial charge in [-0.1, -0.05) is 6.08 Å². The van der Waals surface area contributed by atoms with Crippen LogP contribution in [0, 0.1) is 0 Å². The molecular formula is C7H11NO4. The zero-order valence-corrected chi connectivity index (χ0v) is 6.98. The number of carboxylic acid groups (broad SMARTS) is 1. The van der Waals surface area contributed by atoms with Crippen molar-refractivity contribution >= 4 is 12.1 Å². The standard InChI is InChI=1S/C7H11NO4/c1-8(7(10)11)5-3-4-6(9)12-2/h3-4H,5H2,1-2H3,(H,10,11)/b4-3+. The highest BCUT2D eigenvalue weighted by molar-refractivity contribution is 5.81. The Kier molecular flexibility index (Phi) is 4.52. The van der Waals surface area contributed by atoms with E-state index >= 15 is 0 Å². The molecule has 5 heteroatoms. The Balaban J connectivity index is 3.74. The molecule has 5 nitrogen and oxygen atoms in total. The van der Waals surface area contributed by atoms with Crippen molar-refractivity contribution in [3.05, 3.63) is 12.2 Å². The predicted octanol–water partition coefficient (Wildman–Crippen LogP) is 0.325. The van der Waals surface area contributed by atoms with Crippen LogP contribution in [0.5, 0.6) is 0 Å². The summed E-state index contributed by atoms with van der Waals surface area (Å²) in [6, 6.07) is 0. The van der Waals surface area contributed by atoms with Gasteiger partial charge >= 0.3 is 12.1 Å². The van der Waals surface area contributed by atoms with E-state index in [4.69, 9.17) is 5.11 Å². The first-order chi connectivity index (χ1) is 5.57. The molecule has 0 aromatic rings. The number of carbonyl (C=O) groups is 2. The Morgan fingerprint density at radius 1 is 1.58 bits per heavy atom. The zero-order valence-electron chi connectivity index (χ0n) is 6.98. The van der Waals surface area contributed by atoms with Gasteiger partial charge in [-0.05, 0) is 0 Å². The van der Waals surface area contributed by atoms with E-state index < -0.39 is 12.1 Å². The van der Waals surface area contributed by atoms with Crippen molar-refractivity contribution in [3.8, 4) is 0 Å². The van der Waals surface area contributed by atoms with Crippen LogP contribution in [-0.2, 0) is 9.53 Å². The van der Waals surface area contributed by atoms with Gasteiger partial charge in [-0.25, -0.2) is 9.59 Å². The quantitative estimate of drug-likeness (QED) is 0.493. The first kappa shape index (κ1) is 10.5. The SMILES string of the molecule is COC(=O)/C=C/CN(C)C(=O)O. The van der Waals surface area contributed by atoms with Gasteiger partial charge in [0.1, 0.15) is 0 Å². The molecule has 0 radical (unpaired) electrons. The number of esters is 1. The van der Waals surface area contributed by atoms with Gasteiger partial charge in [0, 0.05) is 19.7 Å². The van der Waals surface area contributed by atoms with Crippen LogP contribution in [0.25, 0.3) is 0 Å². The highest BCUT2D eigenvalue weighted by atomic mass is 16.5. The van der Waals surface area contributed by atoms with E-state index in [1.54, 1.807) is 0 Å². The molecule has 1 N–H and O–H groups in total. The summed E-state index contributed by atoms with van der Waals surface area (Å²) < 4.78 is 4.30. The number of hydrogen-bond donors (Lipinski definition) is 1. The molecule has 0 saturated heterocycles. The number of methoxy groups -OCH3 is 1. The summed E-state index contributed by atoms with van der Waals surface area (Å²) in [5, 5.41) is 8.38. The fraction of sp³-hybridized carbons (Fsp3) is 0.429. The first-order valence-corrected chi connectivity index (χ1v) is 3.26. The molecule has 0 aliphatic carbocycles. The molecule has 0 fully saturated rings. The van der Waals surface area contributed by atoms with Crippen molar-refractivity contribution in [2.45, 2.75) is 0 Å². The second kappa shape index (κ2) is 5.17. The molecule has 0 aliphatic rings. The summed E-state index contributed by atoms with van der Waals surface area (Å²) in [5.74, 6) is -0.492. The fourth-order valence-corrected chi connectivity index (χ4v) is 0.453. The van der Waals surface area contributed by atoms with Gasteiger partial charge in [0.15, 0.2) is 0 Å². The van der Waals surface area contributed by atoms with Crippen LogP contribution in [0.2, 0.25) is 0 Å². The molecule has 0 atom stereocenters. The van der Waals surface area contributed by atoms with E-state index in [2.05, 4.69) is 4.74 Å². The van der Waals surface area contributed by atoms with Crippen LogP contribution in [0.4, 0.5) is 4.79 Å². The van der Waals surface area contributed by atoms with E-state index in [0.717, 1.165) is 4.90 Å². The molecule has 0 heterocycles. The Bertz CT molecular complexity index is 200. The molecule has 0 saturated carbocycles. The third kappa shape index (κ3) is 4.32. The van der Waals surface area contributed by atoms with Gasteiger partial charge in [0.2, 0.25) is 0 Å². The van der Waals surface area contributed by atoms with Crippen molar-refractivity contribution in [1.82, 2.24) is 4.90 Å². The molecule has 1 amide bonds. The maximum Gasteiger partial charge on any atom is 0.407 e. The van der Waals surface area contributed by atoms with E-state index in [0.29, 0.717) is 0 Å². The average molecular weight is 173 g/mol. The minimum absolute atomic E-state index is 0.171. The summed E-state index contributed by atoms with van der Waals surface area (Å²) in [6.45, 7) is 0.171. The summed E-state index contributed by atoms with van der Waals surface area (Å²) in [4.78, 5) is 21.7. The van der Waals surface area contributed by atoms with Crippen LogP contribution < -0.4 is 0 Å². The number of carbonyl (C=O) groups excluding carboxylic acids is 1. The monoisotopic (exact) mass is 173 g/mol. The smallest absolute Gasteiger partial charge is 0.407 e. The number of rotatable bonds is 3. The maximum absolute atomic E-state index is 10.5. The van der Waals surface area contributed by atoms with Crippen molar-refractivity contribution in [2.24, 2.45) is 0 Å². The van der Waals surface area contributed by atoms with E-state index in [9.17, 15) is 9.59 Å². The average Bonchev–Trinajstić information content (AvgIpc) is 2.03. The second-order valence-electron chi connectivity index (χ2n) is 2.09. The zero-order chi connectivity index (χ0) is 9.56. The predicted molar refractivity (Wildman–Crippen MR) is 41.8 cm³/mol. The Morgan fingerprint density at radius 2 is 2.17 bits per heavy atom. The highest BCUT2D eigenvalue weighted by Gasteiger charge is 2.01. The van der Waals surface area contributed by atoms with Crippen molar-refractivity contribution in [3.63, 3.8) is 0 Å². The normalized spacial score (nSPS) is 9.83. The summed E-state index contributed by atoms with van der Waals surface area (Å²) in [7, 11) is 2.66. The third-order valence-corrected chi connectivity index (χ3v) is 1.16. The van der Waals surface area contributed by atoms with Gasteiger partial charge in [0.25, 0.3) is 0 Å². The number of hydrogen-bond acceptors (Lipinski definition) is 3. The molecule has 0 aliphatic heterocycles. The van der Waals surface area contributed by atoms with Crippen LogP contribution >= 0.6 is 0 Å². The van der Waals surface area contributed by atoms with Gasteiger partial charge in [0.05, 0.1) is 7.11 Å². The third-order valence-electron chi connectivity index (χ3n) is 1.16. The molecular weight excluding hydrogens is 162 g/mol. The second-order valence-corrected chi connectivity index (χ2v) is 2.09. The van der Waals surface area contributed by atoms with Crippen LogP contribution in [0.1, 0.15) is 0 Å². The minimum atomic E-state index is -1.04. The number of likely N-dealkylation sites (N-methyl/N-ethyl adjacent to an activating group) is 1. The van der Waals surface area contributed by atoms with Crippen molar-refractivity contribution < 1.29 is 19.4 Å². The lowest BCUT2D eigenvalue weighted by molar-refractivity contribution is -0.134. The molecule has 0 aromatic heterocycles. The topological polar surface area (TPSA) is 66.8 Å². The molecule has 12 heavy (non-hydrogen) atoms. The molecule has 0 rings (SSSR count). The summed E-state index contributed by atoms with van der Waals surface area (Å²) in [5.41, 5.74) is 0. The Morgan fingerprint density at radius 3 is 2.58 bits per heavy atom. The first-order valence-electron chi connectivity index (χ1n) is 3.26. The molecule has 68 valence electrons. The maximum atomic E-state index is 10.5. The van der Waals surface area contributed by atoms with Gasteiger partial charge < -0.3 is 14.7 Å². The number of nitrogens with zero attached hydrogens (tertiary/aromatic N) is 1. The Hall–Kier alpha value is -1.52. The lowest BCUT2D eigenvalue weighted by Gasteiger charge is -2.08. The highest BCUT2D eigenvalue weighted by Crippen LogP contribution is 1.85. The van der Waals surface area contributed by atoms with Crippen LogP contribution in [0.3, 0.4) is 0 Å². The van der Waals surface area contributed by atoms with E-state index in [-0.39, 0.29) is 6.54 Å². The van der Waals surface area contributed by atoms with Crippen LogP contribution in [0.15, 0.2) is 12.2 Å². The van der Waals surface area contributed by atoms with E-state index in [1.165, 1.54) is 26.3 Å². The van der Waals surface area contributed by atoms with Crippen LogP contribution in [-0.4, -0.2) is 42.8 Å². The number of ether oxygens (including phenoxy) is 1. The van der Waals surface area contributed by atoms with Crippen molar-refractivity contribution in [2.75, 3.05) is 20.7 Å². The Labute approximate surface area is 70.2 Å².